The molecule has 0 saturated heterocycles. The average Bonchev–Trinajstić information content (AvgIpc) is 2.16. The Balaban J connectivity index is 2.19. The highest BCUT2D eigenvalue weighted by Gasteiger charge is 2.19. The highest BCUT2D eigenvalue weighted by molar-refractivity contribution is 5.79. The molecule has 14 heavy (non-hydrogen) atoms. The molecule has 80 valence electrons. The van der Waals surface area contributed by atoms with Crippen LogP contribution in [0.1, 0.15) is 45.4 Å². The average molecular weight is 197 g/mol. The summed E-state index contributed by atoms with van der Waals surface area (Å²) in [5.74, 6) is 0.795. The Labute approximate surface area is 85.0 Å². The van der Waals surface area contributed by atoms with Gasteiger partial charge in [-0.25, -0.2) is 0 Å². The molecule has 1 unspecified atom stereocenters. The molecule has 2 N–H and O–H groups in total. The molecule has 0 aromatic heterocycles. The number of carbonyl (C=O) groups is 2. The van der Waals surface area contributed by atoms with Gasteiger partial charge in [0.25, 0.3) is 0 Å². The molecule has 0 bridgehead atoms. The third kappa shape index (κ3) is 3.48. The van der Waals surface area contributed by atoms with Gasteiger partial charge in [-0.2, -0.15) is 0 Å². The molecule has 1 aliphatic carbocycles. The summed E-state index contributed by atoms with van der Waals surface area (Å²) in [6.07, 6.45) is 5.38. The lowest BCUT2D eigenvalue weighted by molar-refractivity contribution is -0.122. The Bertz CT molecular complexity index is 215. The number of rotatable bonds is 4. The molecule has 1 saturated carbocycles. The van der Waals surface area contributed by atoms with Crippen LogP contribution in [0.5, 0.6) is 0 Å². The van der Waals surface area contributed by atoms with Crippen molar-refractivity contribution in [3.63, 3.8) is 0 Å². The third-order valence-corrected chi connectivity index (χ3v) is 3.16. The predicted octanol–water partition coefficient (Wildman–Crippen LogP) is 1.65. The maximum atomic E-state index is 11.0. The molecular formula is C11H19NO2. The van der Waals surface area contributed by atoms with Gasteiger partial charge in [-0.3, -0.25) is 9.59 Å². The Morgan fingerprint density at radius 1 is 1.50 bits per heavy atom. The third-order valence-electron chi connectivity index (χ3n) is 3.16. The zero-order valence-electron chi connectivity index (χ0n) is 8.79. The maximum absolute atomic E-state index is 11.0. The van der Waals surface area contributed by atoms with Gasteiger partial charge < -0.3 is 5.73 Å². The van der Waals surface area contributed by atoms with Gasteiger partial charge in [0.15, 0.2) is 0 Å². The zero-order valence-corrected chi connectivity index (χ0v) is 8.79. The van der Waals surface area contributed by atoms with Crippen LogP contribution in [0.15, 0.2) is 0 Å². The second kappa shape index (κ2) is 5.13. The first-order valence-electron chi connectivity index (χ1n) is 5.40. The molecule has 1 rings (SSSR count). The van der Waals surface area contributed by atoms with E-state index in [2.05, 4.69) is 0 Å². The number of nitrogens with two attached hydrogens (primary N) is 1. The number of carbonyl (C=O) groups excluding carboxylic acids is 2. The minimum absolute atomic E-state index is 0.0207. The van der Waals surface area contributed by atoms with Crippen LogP contribution in [0.2, 0.25) is 0 Å². The molecule has 0 radical (unpaired) electrons. The van der Waals surface area contributed by atoms with E-state index in [1.54, 1.807) is 0 Å². The quantitative estimate of drug-likeness (QED) is 0.744. The lowest BCUT2D eigenvalue weighted by Gasteiger charge is -2.21. The highest BCUT2D eigenvalue weighted by Crippen LogP contribution is 2.26. The lowest BCUT2D eigenvalue weighted by Crippen LogP contribution is -2.22. The van der Waals surface area contributed by atoms with Crippen molar-refractivity contribution >= 4 is 11.7 Å². The van der Waals surface area contributed by atoms with Crippen LogP contribution in [-0.4, -0.2) is 11.7 Å². The van der Waals surface area contributed by atoms with E-state index < -0.39 is 0 Å². The zero-order chi connectivity index (χ0) is 10.6. The Kier molecular flexibility index (Phi) is 4.11. The highest BCUT2D eigenvalue weighted by atomic mass is 16.1. The van der Waals surface area contributed by atoms with Crippen LogP contribution in [0.4, 0.5) is 0 Å². The molecular weight excluding hydrogens is 178 g/mol. The second-order valence-electron chi connectivity index (χ2n) is 4.36. The van der Waals surface area contributed by atoms with Crippen molar-refractivity contribution in [1.82, 2.24) is 0 Å². The summed E-state index contributed by atoms with van der Waals surface area (Å²) in [7, 11) is 0. The summed E-state index contributed by atoms with van der Waals surface area (Å²) in [5, 5.41) is 0. The fourth-order valence-corrected chi connectivity index (χ4v) is 1.92. The van der Waals surface area contributed by atoms with Crippen LogP contribution < -0.4 is 5.73 Å². The van der Waals surface area contributed by atoms with E-state index in [0.29, 0.717) is 11.7 Å². The van der Waals surface area contributed by atoms with Crippen molar-refractivity contribution in [3.8, 4) is 0 Å². The van der Waals surface area contributed by atoms with Crippen LogP contribution in [0.25, 0.3) is 0 Å². The van der Waals surface area contributed by atoms with E-state index in [-0.39, 0.29) is 11.8 Å². The molecule has 3 heteroatoms. The summed E-state index contributed by atoms with van der Waals surface area (Å²) in [6, 6.07) is 0. The van der Waals surface area contributed by atoms with Crippen molar-refractivity contribution < 1.29 is 9.59 Å². The molecule has 1 atom stereocenters. The summed E-state index contributed by atoms with van der Waals surface area (Å²) in [6.45, 7) is 1.87. The number of ketones is 1. The standard InChI is InChI=1S/C11H19NO2/c1-8(11(12)14)2-3-9-4-6-10(13)7-5-9/h8-9H,2-7H2,1H3,(H2,12,14). The van der Waals surface area contributed by atoms with Gasteiger partial charge >= 0.3 is 0 Å². The first-order valence-corrected chi connectivity index (χ1v) is 5.40. The fourth-order valence-electron chi connectivity index (χ4n) is 1.92. The van der Waals surface area contributed by atoms with Crippen molar-refractivity contribution in [3.05, 3.63) is 0 Å². The van der Waals surface area contributed by atoms with E-state index in [0.717, 1.165) is 38.5 Å². The Morgan fingerprint density at radius 3 is 2.57 bits per heavy atom. The fraction of sp³-hybridized carbons (Fsp3) is 0.818. The van der Waals surface area contributed by atoms with Crippen molar-refractivity contribution in [2.45, 2.75) is 45.4 Å². The smallest absolute Gasteiger partial charge is 0.220 e. The minimum atomic E-state index is -0.211. The molecule has 1 amide bonds. The summed E-state index contributed by atoms with van der Waals surface area (Å²) >= 11 is 0. The second-order valence-corrected chi connectivity index (χ2v) is 4.36. The van der Waals surface area contributed by atoms with Gasteiger partial charge in [0.05, 0.1) is 0 Å². The lowest BCUT2D eigenvalue weighted by atomic mass is 9.84. The topological polar surface area (TPSA) is 60.2 Å². The molecule has 3 nitrogen and oxygen atoms in total. The molecule has 0 aromatic carbocycles. The summed E-state index contributed by atoms with van der Waals surface area (Å²) in [5.41, 5.74) is 5.18. The largest absolute Gasteiger partial charge is 0.369 e. The Hall–Kier alpha value is -0.860. The van der Waals surface area contributed by atoms with Gasteiger partial charge in [0.1, 0.15) is 5.78 Å². The van der Waals surface area contributed by atoms with Gasteiger partial charge in [-0.05, 0) is 31.6 Å². The van der Waals surface area contributed by atoms with Gasteiger partial charge in [0.2, 0.25) is 5.91 Å². The molecule has 0 spiro atoms. The molecule has 1 fully saturated rings. The Morgan fingerprint density at radius 2 is 2.07 bits per heavy atom. The first-order chi connectivity index (χ1) is 6.59. The van der Waals surface area contributed by atoms with Crippen LogP contribution in [-0.2, 0) is 9.59 Å². The van der Waals surface area contributed by atoms with Crippen LogP contribution >= 0.6 is 0 Å². The monoisotopic (exact) mass is 197 g/mol. The maximum Gasteiger partial charge on any atom is 0.220 e. The van der Waals surface area contributed by atoms with Crippen LogP contribution in [0.3, 0.4) is 0 Å². The van der Waals surface area contributed by atoms with E-state index in [9.17, 15) is 9.59 Å². The number of primary amides is 1. The predicted molar refractivity (Wildman–Crippen MR) is 54.6 cm³/mol. The molecule has 0 aromatic rings. The van der Waals surface area contributed by atoms with Gasteiger partial charge in [-0.15, -0.1) is 0 Å². The number of amides is 1. The summed E-state index contributed by atoms with van der Waals surface area (Å²) < 4.78 is 0. The van der Waals surface area contributed by atoms with E-state index in [1.165, 1.54) is 0 Å². The van der Waals surface area contributed by atoms with Gasteiger partial charge in [-0.1, -0.05) is 6.92 Å². The molecule has 1 aliphatic rings. The number of hydrogen-bond acceptors (Lipinski definition) is 2. The van der Waals surface area contributed by atoms with Crippen molar-refractivity contribution in [1.29, 1.82) is 0 Å². The number of hydrogen-bond donors (Lipinski definition) is 1. The van der Waals surface area contributed by atoms with Crippen LogP contribution in [0, 0.1) is 11.8 Å². The number of Topliss-reactive ketones (excluding diaryl/α,β-unsaturated/α-hetero) is 1. The molecule has 0 aliphatic heterocycles. The van der Waals surface area contributed by atoms with E-state index >= 15 is 0 Å². The SMILES string of the molecule is CC(CCC1CCC(=O)CC1)C(N)=O. The van der Waals surface area contributed by atoms with E-state index in [1.807, 2.05) is 6.92 Å². The molecule has 0 heterocycles. The first kappa shape index (κ1) is 11.2. The van der Waals surface area contributed by atoms with Crippen molar-refractivity contribution in [2.75, 3.05) is 0 Å². The normalized spacial score (nSPS) is 20.8. The van der Waals surface area contributed by atoms with Gasteiger partial charge in [0, 0.05) is 18.8 Å². The van der Waals surface area contributed by atoms with Crippen molar-refractivity contribution in [2.24, 2.45) is 17.6 Å². The van der Waals surface area contributed by atoms with E-state index in [4.69, 9.17) is 5.73 Å². The minimum Gasteiger partial charge on any atom is -0.369 e. The summed E-state index contributed by atoms with van der Waals surface area (Å²) in [4.78, 5) is 21.8.